The third-order valence-electron chi connectivity index (χ3n) is 7.52. The zero-order chi connectivity index (χ0) is 30.6. The summed E-state index contributed by atoms with van der Waals surface area (Å²) in [7, 11) is 1.60. The molecule has 0 aliphatic carbocycles. The predicted octanol–water partition coefficient (Wildman–Crippen LogP) is 3.80. The number of ether oxygens (including phenoxy) is 1. The number of H-pyrrole nitrogens is 1. The second-order valence-electron chi connectivity index (χ2n) is 10.5. The molecular weight excluding hydrogens is 548 g/mol. The van der Waals surface area contributed by atoms with Gasteiger partial charge in [-0.3, -0.25) is 19.6 Å². The molecule has 10 nitrogen and oxygen atoms in total. The van der Waals surface area contributed by atoms with Crippen molar-refractivity contribution in [1.29, 1.82) is 0 Å². The van der Waals surface area contributed by atoms with E-state index in [4.69, 9.17) is 9.94 Å². The number of aromatic nitrogens is 1. The summed E-state index contributed by atoms with van der Waals surface area (Å²) in [4.78, 5) is 42.3. The zero-order valence-electron chi connectivity index (χ0n) is 24.1. The van der Waals surface area contributed by atoms with Gasteiger partial charge in [-0.15, -0.1) is 0 Å². The maximum Gasteiger partial charge on any atom is 0.244 e. The summed E-state index contributed by atoms with van der Waals surface area (Å²) in [5.74, 6) is -1.35. The summed E-state index contributed by atoms with van der Waals surface area (Å²) in [6.07, 6.45) is 3.91. The number of benzene rings is 3. The van der Waals surface area contributed by atoms with Crippen molar-refractivity contribution in [2.75, 3.05) is 13.7 Å². The lowest BCUT2D eigenvalue weighted by molar-refractivity contribution is -0.136. The van der Waals surface area contributed by atoms with E-state index in [1.165, 1.54) is 0 Å². The van der Waals surface area contributed by atoms with Crippen LogP contribution in [0.4, 0.5) is 0 Å². The highest BCUT2D eigenvalue weighted by Crippen LogP contribution is 2.21. The molecule has 3 aromatic carbocycles. The Balaban J connectivity index is 1.46. The van der Waals surface area contributed by atoms with Crippen LogP contribution in [0, 0.1) is 5.92 Å². The molecule has 0 saturated heterocycles. The molecule has 4 rings (SSSR count). The maximum absolute atomic E-state index is 13.6. The van der Waals surface area contributed by atoms with Gasteiger partial charge in [0.15, 0.2) is 0 Å². The second-order valence-corrected chi connectivity index (χ2v) is 10.5. The first kappa shape index (κ1) is 31.1. The van der Waals surface area contributed by atoms with Crippen molar-refractivity contribution in [3.05, 3.63) is 95.7 Å². The Bertz CT molecular complexity index is 1520. The van der Waals surface area contributed by atoms with Crippen LogP contribution in [-0.2, 0) is 33.6 Å². The number of aromatic hydroxyl groups is 1. The molecule has 0 saturated carbocycles. The van der Waals surface area contributed by atoms with E-state index >= 15 is 0 Å². The minimum Gasteiger partial charge on any atom is -0.508 e. The average Bonchev–Trinajstić information content (AvgIpc) is 3.43. The van der Waals surface area contributed by atoms with E-state index in [2.05, 4.69) is 15.6 Å². The minimum atomic E-state index is -0.919. The Hall–Kier alpha value is -4.83. The number of phenolic OH excluding ortho intramolecular Hbond substituents is 1. The van der Waals surface area contributed by atoms with E-state index in [1.54, 1.807) is 30.8 Å². The largest absolute Gasteiger partial charge is 0.508 e. The number of carbonyl (C=O) groups excluding carboxylic acids is 3. The molecule has 226 valence electrons. The van der Waals surface area contributed by atoms with Crippen LogP contribution in [0.25, 0.3) is 10.9 Å². The summed E-state index contributed by atoms with van der Waals surface area (Å²) in [6, 6.07) is 21.3. The Morgan fingerprint density at radius 3 is 2.40 bits per heavy atom. The summed E-state index contributed by atoms with van der Waals surface area (Å²) < 4.78 is 5.20. The molecule has 0 aliphatic rings. The highest BCUT2D eigenvalue weighted by molar-refractivity contribution is 5.91. The van der Waals surface area contributed by atoms with Gasteiger partial charge >= 0.3 is 0 Å². The molecule has 0 fully saturated rings. The molecule has 43 heavy (non-hydrogen) atoms. The number of nitrogens with one attached hydrogen (secondary N) is 4. The average molecular weight is 587 g/mol. The number of fused-ring (bicyclic) bond motifs is 1. The number of hydroxylamine groups is 1. The quantitative estimate of drug-likeness (QED) is 0.0921. The fourth-order valence-electron chi connectivity index (χ4n) is 5.13. The highest BCUT2D eigenvalue weighted by atomic mass is 16.5. The summed E-state index contributed by atoms with van der Waals surface area (Å²) in [5, 5.41) is 25.9. The van der Waals surface area contributed by atoms with Gasteiger partial charge in [0.05, 0.1) is 7.11 Å². The van der Waals surface area contributed by atoms with Crippen LogP contribution >= 0.6 is 0 Å². The number of aromatic amines is 1. The lowest BCUT2D eigenvalue weighted by atomic mass is 9.94. The number of rotatable bonds is 15. The van der Waals surface area contributed by atoms with Gasteiger partial charge in [0, 0.05) is 42.4 Å². The van der Waals surface area contributed by atoms with Crippen LogP contribution in [0.1, 0.15) is 36.0 Å². The van der Waals surface area contributed by atoms with Gasteiger partial charge in [-0.2, -0.15) is 0 Å². The SMILES string of the molecule is COc1ccc(CCC[C@H](CC(=O)NO)C(=O)N[C@@H](Cc2c[nH]c3ccccc23)C(=O)NCCc2ccccc2O)cc1. The van der Waals surface area contributed by atoms with E-state index in [0.717, 1.165) is 27.8 Å². The molecule has 0 bridgehead atoms. The maximum atomic E-state index is 13.6. The number of hydrogen-bond donors (Lipinski definition) is 6. The number of methoxy groups -OCH3 is 1. The van der Waals surface area contributed by atoms with Gasteiger partial charge in [-0.05, 0) is 66.6 Å². The van der Waals surface area contributed by atoms with Crippen molar-refractivity contribution in [2.24, 2.45) is 5.92 Å². The monoisotopic (exact) mass is 586 g/mol. The Kier molecular flexibility index (Phi) is 11.2. The number of aryl methyl sites for hydroxylation is 1. The van der Waals surface area contributed by atoms with Gasteiger partial charge in [0.2, 0.25) is 17.7 Å². The summed E-state index contributed by atoms with van der Waals surface area (Å²) in [5.41, 5.74) is 5.16. The van der Waals surface area contributed by atoms with Gasteiger partial charge in [-0.1, -0.05) is 48.5 Å². The normalized spacial score (nSPS) is 12.3. The van der Waals surface area contributed by atoms with E-state index in [1.807, 2.05) is 60.8 Å². The van der Waals surface area contributed by atoms with Gasteiger partial charge in [-0.25, -0.2) is 5.48 Å². The fraction of sp³-hybridized carbons (Fsp3) is 0.303. The van der Waals surface area contributed by atoms with E-state index in [-0.39, 0.29) is 31.0 Å². The van der Waals surface area contributed by atoms with Crippen LogP contribution in [-0.4, -0.2) is 52.7 Å². The van der Waals surface area contributed by atoms with Crippen molar-refractivity contribution in [3.63, 3.8) is 0 Å². The number of hydrogen-bond acceptors (Lipinski definition) is 6. The first-order valence-corrected chi connectivity index (χ1v) is 14.3. The van der Waals surface area contributed by atoms with Crippen LogP contribution in [0.15, 0.2) is 79.0 Å². The van der Waals surface area contributed by atoms with Crippen molar-refractivity contribution in [3.8, 4) is 11.5 Å². The smallest absolute Gasteiger partial charge is 0.244 e. The number of amides is 3. The topological polar surface area (TPSA) is 153 Å². The first-order chi connectivity index (χ1) is 20.9. The summed E-state index contributed by atoms with van der Waals surface area (Å²) >= 11 is 0. The summed E-state index contributed by atoms with van der Waals surface area (Å²) in [6.45, 7) is 0.259. The standard InChI is InChI=1S/C33H38N4O6/c1-43-26-15-13-22(14-16-26)7-6-9-24(20-31(39)37-42)32(40)36-29(19-25-21-35-28-11-4-3-10-27(25)28)33(41)34-18-17-23-8-2-5-12-30(23)38/h2-5,8,10-16,21,24,29,35,38,42H,6-7,9,17-20H2,1H3,(H,34,41)(H,36,40)(H,37,39)/t24-,29+/m1/s1. The number of para-hydroxylation sites is 2. The Morgan fingerprint density at radius 1 is 0.907 bits per heavy atom. The molecule has 6 N–H and O–H groups in total. The van der Waals surface area contributed by atoms with Crippen LogP contribution < -0.4 is 20.9 Å². The zero-order valence-corrected chi connectivity index (χ0v) is 24.1. The molecule has 0 spiro atoms. The third-order valence-corrected chi connectivity index (χ3v) is 7.52. The number of phenols is 1. The van der Waals surface area contributed by atoms with Gasteiger partial charge in [0.1, 0.15) is 17.5 Å². The lowest BCUT2D eigenvalue weighted by Gasteiger charge is -2.22. The van der Waals surface area contributed by atoms with Crippen molar-refractivity contribution < 1.29 is 29.4 Å². The molecule has 1 aromatic heterocycles. The molecule has 4 aromatic rings. The van der Waals surface area contributed by atoms with E-state index in [0.29, 0.717) is 31.2 Å². The molecule has 0 aliphatic heterocycles. The van der Waals surface area contributed by atoms with Crippen LogP contribution in [0.3, 0.4) is 0 Å². The Labute approximate surface area is 250 Å². The molecular formula is C33H38N4O6. The molecule has 2 atom stereocenters. The lowest BCUT2D eigenvalue weighted by Crippen LogP contribution is -2.50. The molecule has 3 amide bonds. The van der Waals surface area contributed by atoms with Crippen LogP contribution in [0.5, 0.6) is 11.5 Å². The molecule has 10 heteroatoms. The third kappa shape index (κ3) is 8.83. The Morgan fingerprint density at radius 2 is 1.65 bits per heavy atom. The second kappa shape index (κ2) is 15.4. The predicted molar refractivity (Wildman–Crippen MR) is 163 cm³/mol. The highest BCUT2D eigenvalue weighted by Gasteiger charge is 2.28. The van der Waals surface area contributed by atoms with E-state index in [9.17, 15) is 19.5 Å². The first-order valence-electron chi connectivity index (χ1n) is 14.3. The van der Waals surface area contributed by atoms with Gasteiger partial charge in [0.25, 0.3) is 0 Å². The number of carbonyl (C=O) groups is 3. The van der Waals surface area contributed by atoms with E-state index < -0.39 is 23.8 Å². The van der Waals surface area contributed by atoms with Crippen molar-refractivity contribution in [1.82, 2.24) is 21.1 Å². The van der Waals surface area contributed by atoms with Crippen molar-refractivity contribution >= 4 is 28.6 Å². The molecule has 1 heterocycles. The minimum absolute atomic E-state index is 0.153. The van der Waals surface area contributed by atoms with Crippen molar-refractivity contribution in [2.45, 2.75) is 44.6 Å². The molecule has 0 unspecified atom stereocenters. The fourth-order valence-corrected chi connectivity index (χ4v) is 5.13. The van der Waals surface area contributed by atoms with Gasteiger partial charge < -0.3 is 25.5 Å². The molecule has 0 radical (unpaired) electrons. The van der Waals surface area contributed by atoms with Crippen LogP contribution in [0.2, 0.25) is 0 Å².